The molecule has 0 aliphatic carbocycles. The Morgan fingerprint density at radius 1 is 1.21 bits per heavy atom. The third kappa shape index (κ3) is 4.78. The molecule has 1 heterocycles. The molecule has 0 aliphatic heterocycles. The predicted octanol–water partition coefficient (Wildman–Crippen LogP) is 3.31. The molecule has 2 rings (SSSR count). The molecule has 0 radical (unpaired) electrons. The summed E-state index contributed by atoms with van der Waals surface area (Å²) < 4.78 is 5.07. The molecule has 0 amide bonds. The van der Waals surface area contributed by atoms with E-state index in [9.17, 15) is 0 Å². The van der Waals surface area contributed by atoms with Crippen LogP contribution in [0, 0.1) is 0 Å². The lowest BCUT2D eigenvalue weighted by Gasteiger charge is -2.17. The number of thiophene rings is 1. The molecule has 1 aromatic heterocycles. The van der Waals surface area contributed by atoms with Crippen LogP contribution in [0.5, 0.6) is 0 Å². The molecule has 19 heavy (non-hydrogen) atoms. The standard InChI is InChI=1S/C16H21NOS/c1-18-9-8-17-12-16(11-14-7-10-19-13-14)15-5-3-2-4-6-15/h2-7,10,13,16-17H,8-9,11-12H2,1H3. The molecule has 0 saturated heterocycles. The van der Waals surface area contributed by atoms with Crippen molar-refractivity contribution >= 4 is 11.3 Å². The van der Waals surface area contributed by atoms with E-state index < -0.39 is 0 Å². The second-order valence-corrected chi connectivity index (χ2v) is 5.42. The molecule has 1 unspecified atom stereocenters. The summed E-state index contributed by atoms with van der Waals surface area (Å²) in [6.07, 6.45) is 1.09. The highest BCUT2D eigenvalue weighted by atomic mass is 32.1. The molecular weight excluding hydrogens is 254 g/mol. The van der Waals surface area contributed by atoms with E-state index in [0.717, 1.165) is 26.1 Å². The van der Waals surface area contributed by atoms with Crippen LogP contribution in [0.2, 0.25) is 0 Å². The van der Waals surface area contributed by atoms with Crippen LogP contribution in [0.3, 0.4) is 0 Å². The SMILES string of the molecule is COCCNCC(Cc1ccsc1)c1ccccc1. The van der Waals surface area contributed by atoms with Gasteiger partial charge in [-0.15, -0.1) is 0 Å². The first-order chi connectivity index (χ1) is 9.40. The Bertz CT molecular complexity index is 441. The number of benzene rings is 1. The van der Waals surface area contributed by atoms with Gasteiger partial charge < -0.3 is 10.1 Å². The quantitative estimate of drug-likeness (QED) is 0.746. The van der Waals surface area contributed by atoms with Crippen molar-refractivity contribution in [3.63, 3.8) is 0 Å². The highest BCUT2D eigenvalue weighted by molar-refractivity contribution is 7.07. The smallest absolute Gasteiger partial charge is 0.0587 e. The van der Waals surface area contributed by atoms with Crippen LogP contribution >= 0.6 is 11.3 Å². The Labute approximate surface area is 119 Å². The summed E-state index contributed by atoms with van der Waals surface area (Å²) in [7, 11) is 1.74. The number of methoxy groups -OCH3 is 1. The van der Waals surface area contributed by atoms with Gasteiger partial charge in [-0.25, -0.2) is 0 Å². The Morgan fingerprint density at radius 3 is 2.74 bits per heavy atom. The molecule has 2 aromatic rings. The van der Waals surface area contributed by atoms with Gasteiger partial charge in [0, 0.05) is 26.1 Å². The van der Waals surface area contributed by atoms with E-state index in [4.69, 9.17) is 4.74 Å². The van der Waals surface area contributed by atoms with Gasteiger partial charge in [-0.2, -0.15) is 11.3 Å². The summed E-state index contributed by atoms with van der Waals surface area (Å²) in [4.78, 5) is 0. The Hall–Kier alpha value is -1.16. The predicted molar refractivity (Wildman–Crippen MR) is 82.0 cm³/mol. The number of rotatable bonds is 8. The number of ether oxygens (including phenoxy) is 1. The number of nitrogens with one attached hydrogen (secondary N) is 1. The molecule has 1 atom stereocenters. The van der Waals surface area contributed by atoms with Crippen molar-refractivity contribution in [2.75, 3.05) is 26.8 Å². The highest BCUT2D eigenvalue weighted by Crippen LogP contribution is 2.21. The molecule has 2 nitrogen and oxygen atoms in total. The van der Waals surface area contributed by atoms with Gasteiger partial charge in [-0.05, 0) is 34.4 Å². The summed E-state index contributed by atoms with van der Waals surface area (Å²) in [6.45, 7) is 2.66. The van der Waals surface area contributed by atoms with E-state index in [2.05, 4.69) is 52.5 Å². The largest absolute Gasteiger partial charge is 0.383 e. The minimum atomic E-state index is 0.521. The van der Waals surface area contributed by atoms with Gasteiger partial charge in [0.1, 0.15) is 0 Å². The zero-order valence-corrected chi connectivity index (χ0v) is 12.2. The fourth-order valence-electron chi connectivity index (χ4n) is 2.18. The lowest BCUT2D eigenvalue weighted by atomic mass is 9.93. The van der Waals surface area contributed by atoms with Gasteiger partial charge in [0.15, 0.2) is 0 Å². The van der Waals surface area contributed by atoms with Crippen molar-refractivity contribution in [2.24, 2.45) is 0 Å². The molecule has 0 bridgehead atoms. The van der Waals surface area contributed by atoms with E-state index in [1.807, 2.05) is 0 Å². The molecule has 1 N–H and O–H groups in total. The summed E-state index contributed by atoms with van der Waals surface area (Å²) >= 11 is 1.77. The molecule has 0 spiro atoms. The maximum absolute atomic E-state index is 5.07. The molecule has 3 heteroatoms. The van der Waals surface area contributed by atoms with Gasteiger partial charge in [0.25, 0.3) is 0 Å². The number of hydrogen-bond acceptors (Lipinski definition) is 3. The van der Waals surface area contributed by atoms with Crippen molar-refractivity contribution in [2.45, 2.75) is 12.3 Å². The van der Waals surface area contributed by atoms with Crippen LogP contribution < -0.4 is 5.32 Å². The second-order valence-electron chi connectivity index (χ2n) is 4.64. The van der Waals surface area contributed by atoms with Crippen molar-refractivity contribution in [3.8, 4) is 0 Å². The van der Waals surface area contributed by atoms with E-state index in [1.165, 1.54) is 11.1 Å². The first kappa shape index (κ1) is 14.3. The maximum Gasteiger partial charge on any atom is 0.0587 e. The van der Waals surface area contributed by atoms with Gasteiger partial charge in [0.2, 0.25) is 0 Å². The van der Waals surface area contributed by atoms with Crippen molar-refractivity contribution in [1.82, 2.24) is 5.32 Å². The summed E-state index contributed by atoms with van der Waals surface area (Å²) in [5.41, 5.74) is 2.83. The third-order valence-electron chi connectivity index (χ3n) is 3.21. The average Bonchev–Trinajstić information content (AvgIpc) is 2.96. The minimum Gasteiger partial charge on any atom is -0.383 e. The third-order valence-corrected chi connectivity index (χ3v) is 3.94. The second kappa shape index (κ2) is 8.10. The van der Waals surface area contributed by atoms with E-state index in [0.29, 0.717) is 5.92 Å². The first-order valence-electron chi connectivity index (χ1n) is 6.66. The van der Waals surface area contributed by atoms with Crippen LogP contribution in [0.25, 0.3) is 0 Å². The lowest BCUT2D eigenvalue weighted by molar-refractivity contribution is 0.199. The fourth-order valence-corrected chi connectivity index (χ4v) is 2.86. The van der Waals surface area contributed by atoms with E-state index in [1.54, 1.807) is 18.4 Å². The molecular formula is C16H21NOS. The van der Waals surface area contributed by atoms with Crippen molar-refractivity contribution < 1.29 is 4.74 Å². The normalized spacial score (nSPS) is 12.5. The Balaban J connectivity index is 1.96. The van der Waals surface area contributed by atoms with Crippen LogP contribution in [-0.4, -0.2) is 26.8 Å². The van der Waals surface area contributed by atoms with Crippen LogP contribution in [0.4, 0.5) is 0 Å². The van der Waals surface area contributed by atoms with Gasteiger partial charge in [0.05, 0.1) is 6.61 Å². The first-order valence-corrected chi connectivity index (χ1v) is 7.60. The number of hydrogen-bond donors (Lipinski definition) is 1. The zero-order chi connectivity index (χ0) is 13.3. The molecule has 0 fully saturated rings. The molecule has 0 aliphatic rings. The van der Waals surface area contributed by atoms with E-state index >= 15 is 0 Å². The molecule has 102 valence electrons. The summed E-state index contributed by atoms with van der Waals surface area (Å²) in [5, 5.41) is 7.87. The van der Waals surface area contributed by atoms with Gasteiger partial charge in [-0.3, -0.25) is 0 Å². The van der Waals surface area contributed by atoms with Crippen LogP contribution in [0.1, 0.15) is 17.0 Å². The zero-order valence-electron chi connectivity index (χ0n) is 11.3. The Morgan fingerprint density at radius 2 is 2.05 bits per heavy atom. The maximum atomic E-state index is 5.07. The van der Waals surface area contributed by atoms with Crippen molar-refractivity contribution in [1.29, 1.82) is 0 Å². The average molecular weight is 275 g/mol. The minimum absolute atomic E-state index is 0.521. The van der Waals surface area contributed by atoms with Crippen LogP contribution in [-0.2, 0) is 11.2 Å². The monoisotopic (exact) mass is 275 g/mol. The fraction of sp³-hybridized carbons (Fsp3) is 0.375. The van der Waals surface area contributed by atoms with Crippen LogP contribution in [0.15, 0.2) is 47.2 Å². The van der Waals surface area contributed by atoms with E-state index in [-0.39, 0.29) is 0 Å². The van der Waals surface area contributed by atoms with Gasteiger partial charge in [-0.1, -0.05) is 30.3 Å². The summed E-state index contributed by atoms with van der Waals surface area (Å²) in [6, 6.07) is 13.0. The summed E-state index contributed by atoms with van der Waals surface area (Å²) in [5.74, 6) is 0.521. The Kier molecular flexibility index (Phi) is 6.08. The highest BCUT2D eigenvalue weighted by Gasteiger charge is 2.12. The molecule has 1 aromatic carbocycles. The van der Waals surface area contributed by atoms with Gasteiger partial charge >= 0.3 is 0 Å². The topological polar surface area (TPSA) is 21.3 Å². The molecule has 0 saturated carbocycles. The lowest BCUT2D eigenvalue weighted by Crippen LogP contribution is -2.26. The van der Waals surface area contributed by atoms with Crippen molar-refractivity contribution in [3.05, 3.63) is 58.3 Å².